The number of nitrogens with two attached hydrogens (primary N) is 1. The molecule has 0 fully saturated rings. The molecule has 2 heterocycles. The van der Waals surface area contributed by atoms with Crippen LogP contribution in [0.3, 0.4) is 0 Å². The summed E-state index contributed by atoms with van der Waals surface area (Å²) in [6.45, 7) is 8.00. The molecule has 206 valence electrons. The minimum Gasteiger partial charge on any atom is -0.456 e. The zero-order valence-corrected chi connectivity index (χ0v) is 24.2. The third kappa shape index (κ3) is 3.61. The van der Waals surface area contributed by atoms with E-state index in [0.717, 1.165) is 61.5 Å². The summed E-state index contributed by atoms with van der Waals surface area (Å²) in [5.41, 5.74) is 18.7. The van der Waals surface area contributed by atoms with Crippen molar-refractivity contribution in [1.29, 1.82) is 0 Å². The molecule has 3 heteroatoms. The topological polar surface area (TPSA) is 44.1 Å². The van der Waals surface area contributed by atoms with Crippen LogP contribution in [0.15, 0.2) is 120 Å². The first kappa shape index (κ1) is 25.2. The largest absolute Gasteiger partial charge is 0.456 e. The highest BCUT2D eigenvalue weighted by Gasteiger charge is 2.23. The number of nitrogens with zero attached hydrogens (tertiary/aromatic N) is 1. The van der Waals surface area contributed by atoms with Crippen LogP contribution in [0, 0.1) is 0 Å². The lowest BCUT2D eigenvalue weighted by molar-refractivity contribution is 0.603. The average molecular weight is 555 g/mol. The van der Waals surface area contributed by atoms with Gasteiger partial charge in [-0.15, -0.1) is 0 Å². The SMILES string of the molecule is C=Cc1oc2ccc(-c3ccc4c(c3)c3ccccc3n4-c3cc4c5c(cccc5c3)C(/C=C\C)=C4N)cc2c1/C=C\C. The van der Waals surface area contributed by atoms with E-state index in [2.05, 4.69) is 120 Å². The molecule has 0 saturated carbocycles. The number of allylic oxidation sites excluding steroid dienone is 4. The first-order chi connectivity index (χ1) is 21.1. The van der Waals surface area contributed by atoms with Gasteiger partial charge in [-0.1, -0.05) is 79.4 Å². The van der Waals surface area contributed by atoms with Gasteiger partial charge in [-0.05, 0) is 89.9 Å². The monoisotopic (exact) mass is 554 g/mol. The van der Waals surface area contributed by atoms with Crippen molar-refractivity contribution >= 4 is 67.0 Å². The lowest BCUT2D eigenvalue weighted by Gasteiger charge is -2.12. The van der Waals surface area contributed by atoms with Crippen LogP contribution < -0.4 is 5.73 Å². The fraction of sp³-hybridized carbons (Fsp3) is 0.0500. The Bertz CT molecular complexity index is 2390. The quantitative estimate of drug-likeness (QED) is 0.230. The van der Waals surface area contributed by atoms with Crippen molar-refractivity contribution in [1.82, 2.24) is 4.57 Å². The van der Waals surface area contributed by atoms with Gasteiger partial charge in [0.1, 0.15) is 11.3 Å². The molecule has 7 aromatic rings. The summed E-state index contributed by atoms with van der Waals surface area (Å²) in [5.74, 6) is 0.794. The molecule has 8 rings (SSSR count). The number of benzene rings is 5. The van der Waals surface area contributed by atoms with Crippen molar-refractivity contribution in [2.75, 3.05) is 0 Å². The first-order valence-electron chi connectivity index (χ1n) is 14.7. The molecule has 0 bridgehead atoms. The Morgan fingerprint density at radius 3 is 2.30 bits per heavy atom. The average Bonchev–Trinajstić information content (AvgIpc) is 3.65. The van der Waals surface area contributed by atoms with Gasteiger partial charge in [0.15, 0.2) is 0 Å². The van der Waals surface area contributed by atoms with Gasteiger partial charge in [0.25, 0.3) is 0 Å². The van der Waals surface area contributed by atoms with Crippen molar-refractivity contribution in [3.8, 4) is 16.8 Å². The van der Waals surface area contributed by atoms with E-state index in [1.165, 1.54) is 32.6 Å². The summed E-state index contributed by atoms with van der Waals surface area (Å²) in [6.07, 6.45) is 10.1. The number of furan rings is 1. The zero-order chi connectivity index (χ0) is 29.2. The Balaban J connectivity index is 1.35. The van der Waals surface area contributed by atoms with Crippen LogP contribution in [-0.2, 0) is 0 Å². The summed E-state index contributed by atoms with van der Waals surface area (Å²) in [6, 6.07) is 32.9. The summed E-state index contributed by atoms with van der Waals surface area (Å²) >= 11 is 0. The maximum absolute atomic E-state index is 6.78. The molecule has 5 aromatic carbocycles. The van der Waals surface area contributed by atoms with E-state index in [4.69, 9.17) is 10.2 Å². The Kier molecular flexibility index (Phi) is 5.57. The highest BCUT2D eigenvalue weighted by Crippen LogP contribution is 2.43. The van der Waals surface area contributed by atoms with Gasteiger partial charge in [-0.3, -0.25) is 0 Å². The number of hydrogen-bond acceptors (Lipinski definition) is 2. The molecular weight excluding hydrogens is 524 g/mol. The van der Waals surface area contributed by atoms with Gasteiger partial charge in [0.2, 0.25) is 0 Å². The van der Waals surface area contributed by atoms with Gasteiger partial charge in [0, 0.05) is 44.2 Å². The maximum atomic E-state index is 6.78. The smallest absolute Gasteiger partial charge is 0.135 e. The van der Waals surface area contributed by atoms with E-state index >= 15 is 0 Å². The molecular formula is C40H30N2O. The molecule has 2 aromatic heterocycles. The summed E-state index contributed by atoms with van der Waals surface area (Å²) in [4.78, 5) is 0. The number of fused-ring (bicyclic) bond motifs is 4. The Hall–Kier alpha value is -5.54. The van der Waals surface area contributed by atoms with Crippen LogP contribution in [-0.4, -0.2) is 4.57 Å². The fourth-order valence-electron chi connectivity index (χ4n) is 6.85. The fourth-order valence-corrected chi connectivity index (χ4v) is 6.85. The van der Waals surface area contributed by atoms with Crippen molar-refractivity contribution in [2.45, 2.75) is 13.8 Å². The van der Waals surface area contributed by atoms with Crippen LogP contribution in [0.5, 0.6) is 0 Å². The number of para-hydroxylation sites is 1. The molecule has 0 spiro atoms. The third-order valence-corrected chi connectivity index (χ3v) is 8.70. The van der Waals surface area contributed by atoms with Gasteiger partial charge in [-0.25, -0.2) is 0 Å². The third-order valence-electron chi connectivity index (χ3n) is 8.70. The normalized spacial score (nSPS) is 13.3. The van der Waals surface area contributed by atoms with E-state index in [9.17, 15) is 0 Å². The Morgan fingerprint density at radius 2 is 1.49 bits per heavy atom. The summed E-state index contributed by atoms with van der Waals surface area (Å²) in [7, 11) is 0. The molecule has 3 nitrogen and oxygen atoms in total. The highest BCUT2D eigenvalue weighted by atomic mass is 16.3. The molecule has 0 unspecified atom stereocenters. The van der Waals surface area contributed by atoms with Crippen LogP contribution in [0.4, 0.5) is 0 Å². The molecule has 0 radical (unpaired) electrons. The lowest BCUT2D eigenvalue weighted by atomic mass is 10.00. The minimum atomic E-state index is 0.794. The van der Waals surface area contributed by atoms with Crippen molar-refractivity contribution in [3.05, 3.63) is 138 Å². The second kappa shape index (κ2) is 9.50. The van der Waals surface area contributed by atoms with Gasteiger partial charge in [-0.2, -0.15) is 0 Å². The van der Waals surface area contributed by atoms with E-state index in [0.29, 0.717) is 0 Å². The van der Waals surface area contributed by atoms with Crippen LogP contribution in [0.25, 0.3) is 83.8 Å². The summed E-state index contributed by atoms with van der Waals surface area (Å²) < 4.78 is 8.44. The van der Waals surface area contributed by atoms with Crippen LogP contribution in [0.2, 0.25) is 0 Å². The molecule has 43 heavy (non-hydrogen) atoms. The number of hydrogen-bond donors (Lipinski definition) is 1. The number of aromatic nitrogens is 1. The standard InChI is InChI=1S/C40H30N2O/c1-4-10-29-33-22-25(17-19-38(33)43-37(29)6-3)24-16-18-36-32(21-24)28-13-7-8-15-35(28)42(36)27-20-26-12-9-14-30-31(11-5-2)40(41)34(23-27)39(26)30/h4-23H,3,41H2,1-2H3/b10-4-,11-5-. The Labute approximate surface area is 250 Å². The molecule has 2 N–H and O–H groups in total. The predicted molar refractivity (Wildman–Crippen MR) is 184 cm³/mol. The number of rotatable bonds is 5. The minimum absolute atomic E-state index is 0.794. The van der Waals surface area contributed by atoms with E-state index in [-0.39, 0.29) is 0 Å². The Morgan fingerprint density at radius 1 is 0.721 bits per heavy atom. The van der Waals surface area contributed by atoms with Gasteiger partial charge < -0.3 is 14.7 Å². The van der Waals surface area contributed by atoms with Crippen molar-refractivity contribution in [2.24, 2.45) is 5.73 Å². The van der Waals surface area contributed by atoms with Crippen LogP contribution >= 0.6 is 0 Å². The van der Waals surface area contributed by atoms with Crippen LogP contribution in [0.1, 0.15) is 36.3 Å². The van der Waals surface area contributed by atoms with Gasteiger partial charge >= 0.3 is 0 Å². The molecule has 0 aliphatic heterocycles. The molecule has 1 aliphatic rings. The van der Waals surface area contributed by atoms with E-state index in [1.807, 2.05) is 19.9 Å². The zero-order valence-electron chi connectivity index (χ0n) is 24.2. The molecule has 0 saturated heterocycles. The van der Waals surface area contributed by atoms with Crippen molar-refractivity contribution < 1.29 is 4.42 Å². The van der Waals surface area contributed by atoms with E-state index in [1.54, 1.807) is 6.08 Å². The molecule has 0 atom stereocenters. The second-order valence-corrected chi connectivity index (χ2v) is 11.1. The second-order valence-electron chi connectivity index (χ2n) is 11.1. The summed E-state index contributed by atoms with van der Waals surface area (Å²) in [5, 5.41) is 5.94. The van der Waals surface area contributed by atoms with E-state index < -0.39 is 0 Å². The molecule has 1 aliphatic carbocycles. The maximum Gasteiger partial charge on any atom is 0.135 e. The predicted octanol–water partition coefficient (Wildman–Crippen LogP) is 10.7. The van der Waals surface area contributed by atoms with Gasteiger partial charge in [0.05, 0.1) is 11.0 Å². The first-order valence-corrected chi connectivity index (χ1v) is 14.7. The van der Waals surface area contributed by atoms with Crippen molar-refractivity contribution in [3.63, 3.8) is 0 Å². The highest BCUT2D eigenvalue weighted by molar-refractivity contribution is 6.16. The lowest BCUT2D eigenvalue weighted by Crippen LogP contribution is -1.99. The molecule has 0 amide bonds.